The molecule has 0 spiro atoms. The van der Waals surface area contributed by atoms with Crippen LogP contribution in [0.1, 0.15) is 5.56 Å². The first-order valence-corrected chi connectivity index (χ1v) is 3.52. The molecule has 1 rings (SSSR count). The van der Waals surface area contributed by atoms with Gasteiger partial charge in [-0.1, -0.05) is 5.16 Å². The van der Waals surface area contributed by atoms with Gasteiger partial charge in [-0.3, -0.25) is 0 Å². The van der Waals surface area contributed by atoms with Crippen LogP contribution in [0.5, 0.6) is 0 Å². The lowest BCUT2D eigenvalue weighted by Gasteiger charge is -1.93. The molecule has 1 N–H and O–H groups in total. The lowest BCUT2D eigenvalue weighted by molar-refractivity contribution is 0.321. The molecular weight excluding hydrogens is 215 g/mol. The molecule has 1 aromatic heterocycles. The molecule has 0 amide bonds. The van der Waals surface area contributed by atoms with Crippen molar-refractivity contribution in [3.05, 3.63) is 28.2 Å². The molecule has 0 radical (unpaired) electrons. The third kappa shape index (κ3) is 1.98. The van der Waals surface area contributed by atoms with E-state index in [4.69, 9.17) is 5.21 Å². The van der Waals surface area contributed by atoms with Crippen molar-refractivity contribution in [3.8, 4) is 0 Å². The van der Waals surface area contributed by atoms with Crippen molar-refractivity contribution in [3.63, 3.8) is 0 Å². The summed E-state index contributed by atoms with van der Waals surface area (Å²) in [6.07, 6.45) is 2.04. The fraction of sp³-hybridized carbons (Fsp3) is 0. The smallest absolute Gasteiger partial charge is 0.150 e. The zero-order valence-corrected chi connectivity index (χ0v) is 6.92. The van der Waals surface area contributed by atoms with E-state index in [-0.39, 0.29) is 5.56 Å². The molecule has 3 nitrogen and oxygen atoms in total. The fourth-order valence-corrected chi connectivity index (χ4v) is 0.938. The van der Waals surface area contributed by atoms with Crippen LogP contribution in [0.25, 0.3) is 0 Å². The van der Waals surface area contributed by atoms with E-state index in [1.54, 1.807) is 0 Å². The Bertz CT molecular complexity index is 290. The summed E-state index contributed by atoms with van der Waals surface area (Å²) in [5, 5.41) is 10.8. The highest BCUT2D eigenvalue weighted by Crippen LogP contribution is 2.09. The molecule has 58 valence electrons. The van der Waals surface area contributed by atoms with Gasteiger partial charge in [0.15, 0.2) is 0 Å². The van der Waals surface area contributed by atoms with E-state index in [0.29, 0.717) is 4.60 Å². The Labute approximate surface area is 70.7 Å². The molecule has 0 aliphatic carbocycles. The molecule has 0 fully saturated rings. The van der Waals surface area contributed by atoms with E-state index >= 15 is 0 Å². The molecule has 0 atom stereocenters. The summed E-state index contributed by atoms with van der Waals surface area (Å²) in [5.41, 5.74) is 0.189. The molecule has 0 aliphatic rings. The van der Waals surface area contributed by atoms with Gasteiger partial charge >= 0.3 is 0 Å². The van der Waals surface area contributed by atoms with Gasteiger partial charge in [-0.15, -0.1) is 0 Å². The summed E-state index contributed by atoms with van der Waals surface area (Å²) < 4.78 is 13.2. The largest absolute Gasteiger partial charge is 0.411 e. The van der Waals surface area contributed by atoms with Crippen molar-refractivity contribution in [1.82, 2.24) is 4.98 Å². The van der Waals surface area contributed by atoms with Crippen LogP contribution in [0.2, 0.25) is 0 Å². The lowest BCUT2D eigenvalue weighted by atomic mass is 10.3. The summed E-state index contributed by atoms with van der Waals surface area (Å²) in [6.45, 7) is 0. The van der Waals surface area contributed by atoms with Gasteiger partial charge in [0, 0.05) is 5.56 Å². The SMILES string of the molecule is O/N=C/c1cc(Br)ncc1F. The maximum atomic E-state index is 12.7. The van der Waals surface area contributed by atoms with Gasteiger partial charge in [-0.05, 0) is 22.0 Å². The van der Waals surface area contributed by atoms with E-state index < -0.39 is 5.82 Å². The van der Waals surface area contributed by atoms with Crippen LogP contribution in [-0.2, 0) is 0 Å². The molecule has 0 aliphatic heterocycles. The van der Waals surface area contributed by atoms with Gasteiger partial charge in [0.25, 0.3) is 0 Å². The Hall–Kier alpha value is -0.970. The van der Waals surface area contributed by atoms with Gasteiger partial charge in [-0.2, -0.15) is 0 Å². The first-order chi connectivity index (χ1) is 5.24. The van der Waals surface area contributed by atoms with Crippen LogP contribution in [0.15, 0.2) is 22.0 Å². The average Bonchev–Trinajstić information content (AvgIpc) is 1.98. The van der Waals surface area contributed by atoms with E-state index in [1.807, 2.05) is 0 Å². The van der Waals surface area contributed by atoms with Crippen LogP contribution in [0.4, 0.5) is 4.39 Å². The molecule has 1 aromatic rings. The minimum Gasteiger partial charge on any atom is -0.411 e. The van der Waals surface area contributed by atoms with Crippen LogP contribution in [0, 0.1) is 5.82 Å². The number of hydrogen-bond acceptors (Lipinski definition) is 3. The standard InChI is InChI=1S/C6H4BrFN2O/c7-6-1-4(2-10-11)5(8)3-9-6/h1-3,11H/b10-2+. The molecule has 11 heavy (non-hydrogen) atoms. The highest BCUT2D eigenvalue weighted by atomic mass is 79.9. The molecular formula is C6H4BrFN2O. The number of halogens is 2. The highest BCUT2D eigenvalue weighted by molar-refractivity contribution is 9.10. The van der Waals surface area contributed by atoms with Gasteiger partial charge in [0.05, 0.1) is 12.4 Å². The molecule has 0 saturated carbocycles. The summed E-state index contributed by atoms with van der Waals surface area (Å²) >= 11 is 3.05. The Balaban J connectivity index is 3.12. The Kier molecular flexibility index (Phi) is 2.53. The Morgan fingerprint density at radius 3 is 3.09 bits per heavy atom. The molecule has 0 saturated heterocycles. The summed E-state index contributed by atoms with van der Waals surface area (Å²) in [7, 11) is 0. The number of oxime groups is 1. The molecule has 1 heterocycles. The van der Waals surface area contributed by atoms with E-state index in [9.17, 15) is 4.39 Å². The molecule has 0 aromatic carbocycles. The second-order valence-electron chi connectivity index (χ2n) is 1.77. The second kappa shape index (κ2) is 3.43. The van der Waals surface area contributed by atoms with Crippen LogP contribution in [-0.4, -0.2) is 16.4 Å². The monoisotopic (exact) mass is 218 g/mol. The van der Waals surface area contributed by atoms with Gasteiger partial charge in [0.1, 0.15) is 10.4 Å². The summed E-state index contributed by atoms with van der Waals surface area (Å²) in [6, 6.07) is 1.41. The number of nitrogens with zero attached hydrogens (tertiary/aromatic N) is 2. The third-order valence-electron chi connectivity index (χ3n) is 1.05. The predicted molar refractivity (Wildman–Crippen MR) is 41.3 cm³/mol. The van der Waals surface area contributed by atoms with E-state index in [2.05, 4.69) is 26.1 Å². The van der Waals surface area contributed by atoms with Gasteiger partial charge in [-0.25, -0.2) is 9.37 Å². The quantitative estimate of drug-likeness (QED) is 0.338. The summed E-state index contributed by atoms with van der Waals surface area (Å²) in [4.78, 5) is 3.62. The topological polar surface area (TPSA) is 45.5 Å². The predicted octanol–water partition coefficient (Wildman–Crippen LogP) is 1.79. The van der Waals surface area contributed by atoms with Gasteiger partial charge in [0.2, 0.25) is 0 Å². The fourth-order valence-electron chi connectivity index (χ4n) is 0.589. The van der Waals surface area contributed by atoms with Crippen molar-refractivity contribution in [2.45, 2.75) is 0 Å². The zero-order chi connectivity index (χ0) is 8.27. The molecule has 0 unspecified atom stereocenters. The number of aromatic nitrogens is 1. The molecule has 0 bridgehead atoms. The van der Waals surface area contributed by atoms with Crippen molar-refractivity contribution < 1.29 is 9.60 Å². The number of hydrogen-bond donors (Lipinski definition) is 1. The normalized spacial score (nSPS) is 10.7. The van der Waals surface area contributed by atoms with Gasteiger partial charge < -0.3 is 5.21 Å². The highest BCUT2D eigenvalue weighted by Gasteiger charge is 1.99. The number of rotatable bonds is 1. The van der Waals surface area contributed by atoms with Crippen molar-refractivity contribution >= 4 is 22.1 Å². The minimum absolute atomic E-state index is 0.189. The number of pyridine rings is 1. The first kappa shape index (κ1) is 8.13. The Morgan fingerprint density at radius 1 is 1.73 bits per heavy atom. The molecule has 5 heteroatoms. The van der Waals surface area contributed by atoms with Crippen molar-refractivity contribution in [1.29, 1.82) is 0 Å². The lowest BCUT2D eigenvalue weighted by Crippen LogP contribution is -1.89. The van der Waals surface area contributed by atoms with Crippen LogP contribution >= 0.6 is 15.9 Å². The van der Waals surface area contributed by atoms with Crippen LogP contribution < -0.4 is 0 Å². The third-order valence-corrected chi connectivity index (χ3v) is 1.48. The minimum atomic E-state index is -0.522. The van der Waals surface area contributed by atoms with Crippen molar-refractivity contribution in [2.75, 3.05) is 0 Å². The average molecular weight is 219 g/mol. The van der Waals surface area contributed by atoms with E-state index in [1.165, 1.54) is 6.07 Å². The second-order valence-corrected chi connectivity index (χ2v) is 2.59. The maximum absolute atomic E-state index is 12.7. The summed E-state index contributed by atoms with van der Waals surface area (Å²) in [5.74, 6) is -0.522. The zero-order valence-electron chi connectivity index (χ0n) is 5.33. The van der Waals surface area contributed by atoms with Crippen LogP contribution in [0.3, 0.4) is 0 Å². The van der Waals surface area contributed by atoms with Crippen molar-refractivity contribution in [2.24, 2.45) is 5.16 Å². The van der Waals surface area contributed by atoms with E-state index in [0.717, 1.165) is 12.4 Å². The first-order valence-electron chi connectivity index (χ1n) is 2.72. The maximum Gasteiger partial charge on any atom is 0.150 e. The Morgan fingerprint density at radius 2 is 2.45 bits per heavy atom.